The first-order valence-electron chi connectivity index (χ1n) is 6.82. The fourth-order valence-electron chi connectivity index (χ4n) is 1.90. The van der Waals surface area contributed by atoms with E-state index in [1.54, 1.807) is 12.4 Å². The van der Waals surface area contributed by atoms with Crippen LogP contribution in [0, 0.1) is 18.3 Å². The van der Waals surface area contributed by atoms with Crippen LogP contribution in [0.4, 0.5) is 5.82 Å². The molecule has 0 aliphatic carbocycles. The molecule has 0 radical (unpaired) electrons. The standard InChI is InChI=1S/C16H18N4O/c1-11(2)21-16-13(5-4-7-19-16)10-20-15-14(9-17)12(3)6-8-18-15/h4-8,11H,10H2,1-3H3,(H,18,20). The Balaban J connectivity index is 2.18. The maximum atomic E-state index is 9.20. The van der Waals surface area contributed by atoms with Crippen molar-refractivity contribution in [2.24, 2.45) is 0 Å². The highest BCUT2D eigenvalue weighted by Gasteiger charge is 2.09. The Bertz CT molecular complexity index is 662. The molecule has 2 aromatic heterocycles. The van der Waals surface area contributed by atoms with Crippen LogP contribution < -0.4 is 10.1 Å². The van der Waals surface area contributed by atoms with Crippen LogP contribution >= 0.6 is 0 Å². The van der Waals surface area contributed by atoms with Gasteiger partial charge in [0.25, 0.3) is 0 Å². The van der Waals surface area contributed by atoms with Crippen molar-refractivity contribution in [3.8, 4) is 11.9 Å². The zero-order valence-corrected chi connectivity index (χ0v) is 12.4. The van der Waals surface area contributed by atoms with Crippen LogP contribution in [0.3, 0.4) is 0 Å². The van der Waals surface area contributed by atoms with E-state index in [9.17, 15) is 5.26 Å². The molecule has 0 saturated heterocycles. The fourth-order valence-corrected chi connectivity index (χ4v) is 1.90. The van der Waals surface area contributed by atoms with Crippen LogP contribution in [0.5, 0.6) is 5.88 Å². The van der Waals surface area contributed by atoms with Crippen molar-refractivity contribution < 1.29 is 4.74 Å². The van der Waals surface area contributed by atoms with Gasteiger partial charge in [-0.25, -0.2) is 9.97 Å². The number of hydrogen-bond donors (Lipinski definition) is 1. The summed E-state index contributed by atoms with van der Waals surface area (Å²) in [5.74, 6) is 1.18. The third-order valence-corrected chi connectivity index (χ3v) is 2.91. The average Bonchev–Trinajstić information content (AvgIpc) is 2.46. The van der Waals surface area contributed by atoms with Crippen molar-refractivity contribution in [2.75, 3.05) is 5.32 Å². The van der Waals surface area contributed by atoms with Gasteiger partial charge in [0.1, 0.15) is 11.9 Å². The molecule has 5 nitrogen and oxygen atoms in total. The second kappa shape index (κ2) is 6.71. The molecule has 5 heteroatoms. The summed E-state index contributed by atoms with van der Waals surface area (Å²) in [7, 11) is 0. The van der Waals surface area contributed by atoms with Crippen molar-refractivity contribution >= 4 is 5.82 Å². The van der Waals surface area contributed by atoms with E-state index >= 15 is 0 Å². The van der Waals surface area contributed by atoms with E-state index in [1.807, 2.05) is 39.0 Å². The van der Waals surface area contributed by atoms with Gasteiger partial charge in [-0.2, -0.15) is 5.26 Å². The van der Waals surface area contributed by atoms with Gasteiger partial charge in [-0.15, -0.1) is 0 Å². The van der Waals surface area contributed by atoms with Crippen LogP contribution in [0.25, 0.3) is 0 Å². The monoisotopic (exact) mass is 282 g/mol. The second-order valence-electron chi connectivity index (χ2n) is 4.95. The molecule has 0 aliphatic heterocycles. The summed E-state index contributed by atoms with van der Waals surface area (Å²) in [6, 6.07) is 7.80. The molecular weight excluding hydrogens is 264 g/mol. The SMILES string of the molecule is Cc1ccnc(NCc2cccnc2OC(C)C)c1C#N. The minimum atomic E-state index is 0.0606. The number of nitrogens with one attached hydrogen (secondary N) is 1. The van der Waals surface area contributed by atoms with Crippen LogP contribution in [0.1, 0.15) is 30.5 Å². The zero-order valence-electron chi connectivity index (χ0n) is 12.4. The van der Waals surface area contributed by atoms with E-state index < -0.39 is 0 Å². The molecule has 1 N–H and O–H groups in total. The molecule has 0 bridgehead atoms. The Labute approximate surface area is 124 Å². The van der Waals surface area contributed by atoms with Crippen LogP contribution in [0.15, 0.2) is 30.6 Å². The Morgan fingerprint density at radius 3 is 2.81 bits per heavy atom. The van der Waals surface area contributed by atoms with E-state index in [0.717, 1.165) is 11.1 Å². The number of rotatable bonds is 5. The average molecular weight is 282 g/mol. The third-order valence-electron chi connectivity index (χ3n) is 2.91. The molecule has 21 heavy (non-hydrogen) atoms. The minimum absolute atomic E-state index is 0.0606. The Hall–Kier alpha value is -2.61. The fraction of sp³-hybridized carbons (Fsp3) is 0.312. The number of pyridine rings is 2. The van der Waals surface area contributed by atoms with Crippen molar-refractivity contribution in [3.63, 3.8) is 0 Å². The van der Waals surface area contributed by atoms with E-state index in [0.29, 0.717) is 23.8 Å². The van der Waals surface area contributed by atoms with Crippen molar-refractivity contribution in [2.45, 2.75) is 33.4 Å². The molecule has 0 aliphatic rings. The van der Waals surface area contributed by atoms with Crippen LogP contribution in [-0.2, 0) is 6.54 Å². The summed E-state index contributed by atoms with van der Waals surface area (Å²) in [6.07, 6.45) is 3.45. The van der Waals surface area contributed by atoms with E-state index in [2.05, 4.69) is 21.4 Å². The molecule has 0 amide bonds. The van der Waals surface area contributed by atoms with Gasteiger partial charge in [-0.3, -0.25) is 0 Å². The number of aryl methyl sites for hydroxylation is 1. The van der Waals surface area contributed by atoms with E-state index in [4.69, 9.17) is 4.74 Å². The van der Waals surface area contributed by atoms with Crippen molar-refractivity contribution in [3.05, 3.63) is 47.3 Å². The number of nitrogens with zero attached hydrogens (tertiary/aromatic N) is 3. The quantitative estimate of drug-likeness (QED) is 0.912. The van der Waals surface area contributed by atoms with Gasteiger partial charge in [0.15, 0.2) is 0 Å². The summed E-state index contributed by atoms with van der Waals surface area (Å²) >= 11 is 0. The van der Waals surface area contributed by atoms with Crippen molar-refractivity contribution in [1.82, 2.24) is 9.97 Å². The summed E-state index contributed by atoms with van der Waals surface area (Å²) in [5.41, 5.74) is 2.39. The first-order chi connectivity index (χ1) is 10.1. The lowest BCUT2D eigenvalue weighted by Crippen LogP contribution is -2.11. The Kier molecular flexibility index (Phi) is 4.72. The first-order valence-corrected chi connectivity index (χ1v) is 6.82. The number of anilines is 1. The largest absolute Gasteiger partial charge is 0.475 e. The zero-order chi connectivity index (χ0) is 15.2. The van der Waals surface area contributed by atoms with Crippen LogP contribution in [-0.4, -0.2) is 16.1 Å². The molecule has 0 atom stereocenters. The van der Waals surface area contributed by atoms with Gasteiger partial charge in [-0.1, -0.05) is 6.07 Å². The maximum Gasteiger partial charge on any atom is 0.218 e. The number of nitriles is 1. The molecule has 108 valence electrons. The lowest BCUT2D eigenvalue weighted by atomic mass is 10.1. The predicted octanol–water partition coefficient (Wildman–Crippen LogP) is 3.06. The van der Waals surface area contributed by atoms with E-state index in [1.165, 1.54) is 0 Å². The van der Waals surface area contributed by atoms with Gasteiger partial charge in [0, 0.05) is 24.5 Å². The number of ether oxygens (including phenoxy) is 1. The van der Waals surface area contributed by atoms with Crippen molar-refractivity contribution in [1.29, 1.82) is 5.26 Å². The number of aromatic nitrogens is 2. The summed E-state index contributed by atoms with van der Waals surface area (Å²) in [4.78, 5) is 8.46. The Morgan fingerprint density at radius 2 is 2.10 bits per heavy atom. The normalized spacial score (nSPS) is 10.2. The van der Waals surface area contributed by atoms with E-state index in [-0.39, 0.29) is 6.10 Å². The minimum Gasteiger partial charge on any atom is -0.475 e. The van der Waals surface area contributed by atoms with Gasteiger partial charge >= 0.3 is 0 Å². The molecule has 2 rings (SSSR count). The molecule has 0 fully saturated rings. The lowest BCUT2D eigenvalue weighted by molar-refractivity contribution is 0.230. The van der Waals surface area contributed by atoms with Crippen LogP contribution in [0.2, 0.25) is 0 Å². The smallest absolute Gasteiger partial charge is 0.218 e. The highest BCUT2D eigenvalue weighted by molar-refractivity contribution is 5.55. The third kappa shape index (κ3) is 3.69. The van der Waals surface area contributed by atoms with Gasteiger partial charge < -0.3 is 10.1 Å². The van der Waals surface area contributed by atoms with Gasteiger partial charge in [-0.05, 0) is 38.5 Å². The molecule has 2 aromatic rings. The molecule has 0 aromatic carbocycles. The molecule has 0 unspecified atom stereocenters. The topological polar surface area (TPSA) is 70.8 Å². The lowest BCUT2D eigenvalue weighted by Gasteiger charge is -2.14. The summed E-state index contributed by atoms with van der Waals surface area (Å²) in [5, 5.41) is 12.4. The molecule has 0 saturated carbocycles. The Morgan fingerprint density at radius 1 is 1.29 bits per heavy atom. The predicted molar refractivity (Wildman–Crippen MR) is 81.0 cm³/mol. The molecule has 2 heterocycles. The maximum absolute atomic E-state index is 9.20. The second-order valence-corrected chi connectivity index (χ2v) is 4.95. The summed E-state index contributed by atoms with van der Waals surface area (Å²) in [6.45, 7) is 6.31. The first kappa shape index (κ1) is 14.8. The highest BCUT2D eigenvalue weighted by Crippen LogP contribution is 2.20. The molecule has 0 spiro atoms. The number of hydrogen-bond acceptors (Lipinski definition) is 5. The van der Waals surface area contributed by atoms with Gasteiger partial charge in [0.2, 0.25) is 5.88 Å². The molecular formula is C16H18N4O. The summed E-state index contributed by atoms with van der Waals surface area (Å²) < 4.78 is 5.68. The highest BCUT2D eigenvalue weighted by atomic mass is 16.5. The van der Waals surface area contributed by atoms with Gasteiger partial charge in [0.05, 0.1) is 11.7 Å².